The lowest BCUT2D eigenvalue weighted by Crippen LogP contribution is -2.30. The summed E-state index contributed by atoms with van der Waals surface area (Å²) in [5.41, 5.74) is 4.03. The van der Waals surface area contributed by atoms with Gasteiger partial charge in [0.15, 0.2) is 0 Å². The molecule has 1 atom stereocenters. The summed E-state index contributed by atoms with van der Waals surface area (Å²) < 4.78 is 6.92. The quantitative estimate of drug-likeness (QED) is 0.713. The van der Waals surface area contributed by atoms with Crippen LogP contribution in [0.4, 0.5) is 5.95 Å². The number of esters is 1. The monoisotopic (exact) mass is 362 g/mol. The fourth-order valence-electron chi connectivity index (χ4n) is 3.30. The molecule has 3 aromatic rings. The van der Waals surface area contributed by atoms with Crippen LogP contribution in [0, 0.1) is 0 Å². The maximum absolute atomic E-state index is 12.8. The number of carbonyl (C=O) groups is 1. The molecule has 0 radical (unpaired) electrons. The second kappa shape index (κ2) is 6.99. The van der Waals surface area contributed by atoms with Crippen molar-refractivity contribution in [1.82, 2.24) is 25.2 Å². The normalized spacial score (nSPS) is 15.9. The van der Waals surface area contributed by atoms with Crippen LogP contribution in [0.1, 0.15) is 25.5 Å². The molecule has 0 saturated heterocycles. The van der Waals surface area contributed by atoms with E-state index in [-0.39, 0.29) is 6.61 Å². The summed E-state index contributed by atoms with van der Waals surface area (Å²) >= 11 is 0. The molecule has 2 aromatic heterocycles. The minimum atomic E-state index is -0.500. The van der Waals surface area contributed by atoms with E-state index >= 15 is 0 Å². The zero-order valence-corrected chi connectivity index (χ0v) is 15.0. The first-order valence-corrected chi connectivity index (χ1v) is 8.62. The molecule has 1 aliphatic heterocycles. The number of fused-ring (bicyclic) bond motifs is 1. The Labute approximate surface area is 155 Å². The number of carbonyl (C=O) groups excluding carboxylic acids is 1. The summed E-state index contributed by atoms with van der Waals surface area (Å²) in [5.74, 6) is 0.0910. The lowest BCUT2D eigenvalue weighted by atomic mass is 9.89. The van der Waals surface area contributed by atoms with Gasteiger partial charge in [-0.2, -0.15) is 4.68 Å². The number of pyridine rings is 1. The Morgan fingerprint density at radius 1 is 1.22 bits per heavy atom. The molecule has 1 aliphatic rings. The highest BCUT2D eigenvalue weighted by Gasteiger charge is 2.36. The second-order valence-corrected chi connectivity index (χ2v) is 6.06. The molecule has 0 bridgehead atoms. The van der Waals surface area contributed by atoms with E-state index in [0.29, 0.717) is 17.2 Å². The standard InChI is InChI=1S/C19H18N6O2/c1-3-27-18(26)16-12(2)21-19-22-23-24-25(19)17(16)15-7-5-4-6-14(15)13-8-10-20-11-9-13/h4-11,17H,3H2,1-2H3,(H,21,22,24). The van der Waals surface area contributed by atoms with E-state index in [9.17, 15) is 4.79 Å². The minimum absolute atomic E-state index is 0.288. The third-order valence-corrected chi connectivity index (χ3v) is 4.46. The molecule has 1 unspecified atom stereocenters. The Morgan fingerprint density at radius 2 is 2.00 bits per heavy atom. The second-order valence-electron chi connectivity index (χ2n) is 6.06. The maximum Gasteiger partial charge on any atom is 0.338 e. The molecule has 0 aliphatic carbocycles. The van der Waals surface area contributed by atoms with Gasteiger partial charge < -0.3 is 10.1 Å². The van der Waals surface area contributed by atoms with E-state index in [4.69, 9.17) is 4.74 Å². The van der Waals surface area contributed by atoms with E-state index < -0.39 is 12.0 Å². The lowest BCUT2D eigenvalue weighted by molar-refractivity contribution is -0.139. The predicted molar refractivity (Wildman–Crippen MR) is 98.6 cm³/mol. The highest BCUT2D eigenvalue weighted by molar-refractivity contribution is 5.93. The van der Waals surface area contributed by atoms with E-state index in [1.54, 1.807) is 24.0 Å². The number of hydrogen-bond donors (Lipinski definition) is 1. The van der Waals surface area contributed by atoms with Gasteiger partial charge in [0.25, 0.3) is 0 Å². The average Bonchev–Trinajstić information content (AvgIpc) is 3.15. The summed E-state index contributed by atoms with van der Waals surface area (Å²) in [5, 5.41) is 15.0. The zero-order chi connectivity index (χ0) is 18.8. The number of ether oxygens (including phenoxy) is 1. The SMILES string of the molecule is CCOC(=O)C1=C(C)Nc2nnnn2C1c1ccccc1-c1ccncc1. The number of benzene rings is 1. The molecule has 8 heteroatoms. The predicted octanol–water partition coefficient (Wildman–Crippen LogP) is 2.59. The smallest absolute Gasteiger partial charge is 0.338 e. The van der Waals surface area contributed by atoms with Crippen LogP contribution in [0.25, 0.3) is 11.1 Å². The van der Waals surface area contributed by atoms with Crippen molar-refractivity contribution >= 4 is 11.9 Å². The molecule has 4 rings (SSSR count). The van der Waals surface area contributed by atoms with Crippen molar-refractivity contribution in [3.8, 4) is 11.1 Å². The van der Waals surface area contributed by atoms with Crippen LogP contribution in [-0.2, 0) is 9.53 Å². The fraction of sp³-hybridized carbons (Fsp3) is 0.211. The number of allylic oxidation sites excluding steroid dienone is 1. The third kappa shape index (κ3) is 2.95. The number of tetrazole rings is 1. The number of nitrogens with one attached hydrogen (secondary N) is 1. The molecule has 1 aromatic carbocycles. The summed E-state index contributed by atoms with van der Waals surface area (Å²) in [4.78, 5) is 16.8. The van der Waals surface area contributed by atoms with Gasteiger partial charge in [-0.25, -0.2) is 4.79 Å². The molecule has 1 N–H and O–H groups in total. The topological polar surface area (TPSA) is 94.8 Å². The molecule has 0 amide bonds. The minimum Gasteiger partial charge on any atom is -0.463 e. The van der Waals surface area contributed by atoms with Crippen molar-refractivity contribution < 1.29 is 9.53 Å². The van der Waals surface area contributed by atoms with Gasteiger partial charge in [0.2, 0.25) is 5.95 Å². The first-order chi connectivity index (χ1) is 13.2. The van der Waals surface area contributed by atoms with Crippen LogP contribution in [0.2, 0.25) is 0 Å². The van der Waals surface area contributed by atoms with Crippen molar-refractivity contribution in [3.05, 3.63) is 65.6 Å². The number of rotatable bonds is 4. The first-order valence-electron chi connectivity index (χ1n) is 8.62. The van der Waals surface area contributed by atoms with E-state index in [0.717, 1.165) is 16.7 Å². The summed E-state index contributed by atoms with van der Waals surface area (Å²) in [6.45, 7) is 3.90. The van der Waals surface area contributed by atoms with Gasteiger partial charge in [-0.1, -0.05) is 29.4 Å². The number of hydrogen-bond acceptors (Lipinski definition) is 7. The fourth-order valence-corrected chi connectivity index (χ4v) is 3.30. The zero-order valence-electron chi connectivity index (χ0n) is 15.0. The maximum atomic E-state index is 12.8. The molecule has 0 saturated carbocycles. The molecule has 0 spiro atoms. The van der Waals surface area contributed by atoms with Gasteiger partial charge in [-0.15, -0.1) is 0 Å². The van der Waals surface area contributed by atoms with Crippen molar-refractivity contribution in [3.63, 3.8) is 0 Å². The summed E-state index contributed by atoms with van der Waals surface area (Å²) in [6, 6.07) is 11.2. The lowest BCUT2D eigenvalue weighted by Gasteiger charge is -2.28. The van der Waals surface area contributed by atoms with E-state index in [1.807, 2.05) is 43.3 Å². The highest BCUT2D eigenvalue weighted by Crippen LogP contribution is 2.39. The van der Waals surface area contributed by atoms with Crippen molar-refractivity contribution in [2.45, 2.75) is 19.9 Å². The Morgan fingerprint density at radius 3 is 2.78 bits per heavy atom. The Bertz CT molecular complexity index is 1010. The van der Waals surface area contributed by atoms with E-state index in [2.05, 4.69) is 25.8 Å². The summed E-state index contributed by atoms with van der Waals surface area (Å²) in [7, 11) is 0. The molecule has 27 heavy (non-hydrogen) atoms. The van der Waals surface area contributed by atoms with Crippen LogP contribution >= 0.6 is 0 Å². The molecule has 3 heterocycles. The van der Waals surface area contributed by atoms with Crippen molar-refractivity contribution in [2.75, 3.05) is 11.9 Å². The molecule has 136 valence electrons. The largest absolute Gasteiger partial charge is 0.463 e. The number of anilines is 1. The van der Waals surface area contributed by atoms with Gasteiger partial charge >= 0.3 is 5.97 Å². The molecule has 8 nitrogen and oxygen atoms in total. The molecular weight excluding hydrogens is 344 g/mol. The van der Waals surface area contributed by atoms with Gasteiger partial charge in [-0.05, 0) is 53.1 Å². The number of nitrogens with zero attached hydrogens (tertiary/aromatic N) is 5. The first kappa shape index (κ1) is 16.9. The van der Waals surface area contributed by atoms with Gasteiger partial charge in [0.1, 0.15) is 6.04 Å². The van der Waals surface area contributed by atoms with Gasteiger partial charge in [-0.3, -0.25) is 4.98 Å². The average molecular weight is 362 g/mol. The highest BCUT2D eigenvalue weighted by atomic mass is 16.5. The number of aromatic nitrogens is 5. The third-order valence-electron chi connectivity index (χ3n) is 4.46. The van der Waals surface area contributed by atoms with E-state index in [1.165, 1.54) is 0 Å². The van der Waals surface area contributed by atoms with Crippen LogP contribution < -0.4 is 5.32 Å². The van der Waals surface area contributed by atoms with Crippen LogP contribution in [0.5, 0.6) is 0 Å². The van der Waals surface area contributed by atoms with Crippen LogP contribution in [0.3, 0.4) is 0 Å². The Kier molecular flexibility index (Phi) is 4.37. The van der Waals surface area contributed by atoms with Crippen LogP contribution in [-0.4, -0.2) is 37.8 Å². The Hall–Kier alpha value is -3.55. The van der Waals surface area contributed by atoms with Crippen molar-refractivity contribution in [1.29, 1.82) is 0 Å². The van der Waals surface area contributed by atoms with Crippen molar-refractivity contribution in [2.24, 2.45) is 0 Å². The van der Waals surface area contributed by atoms with Gasteiger partial charge in [0.05, 0.1) is 12.2 Å². The molecular formula is C19H18N6O2. The Balaban J connectivity index is 1.93. The van der Waals surface area contributed by atoms with Gasteiger partial charge in [0, 0.05) is 18.1 Å². The summed E-state index contributed by atoms with van der Waals surface area (Å²) in [6.07, 6.45) is 3.48. The molecule has 0 fully saturated rings. The van der Waals surface area contributed by atoms with Crippen LogP contribution in [0.15, 0.2) is 60.1 Å².